The molecule has 0 atom stereocenters. The van der Waals surface area contributed by atoms with Crippen molar-refractivity contribution < 1.29 is 15.0 Å². The number of amides is 1. The number of rotatable bonds is 2. The molecule has 0 radical (unpaired) electrons. The highest BCUT2D eigenvalue weighted by Crippen LogP contribution is 2.20. The van der Waals surface area contributed by atoms with Crippen molar-refractivity contribution in [3.05, 3.63) is 0 Å². The van der Waals surface area contributed by atoms with Gasteiger partial charge >= 0.3 is 6.09 Å². The smallest absolute Gasteiger partial charge is 0.407 e. The minimum atomic E-state index is -0.787. The van der Waals surface area contributed by atoms with Gasteiger partial charge in [0.15, 0.2) is 0 Å². The van der Waals surface area contributed by atoms with Crippen molar-refractivity contribution in [3.63, 3.8) is 0 Å². The monoisotopic (exact) mass is 242 g/mol. The van der Waals surface area contributed by atoms with Crippen LogP contribution in [0.1, 0.15) is 25.7 Å². The lowest BCUT2D eigenvalue weighted by atomic mass is 9.95. The van der Waals surface area contributed by atoms with Crippen molar-refractivity contribution in [2.45, 2.75) is 31.8 Å². The van der Waals surface area contributed by atoms with Gasteiger partial charge in [0.2, 0.25) is 0 Å². The molecule has 0 bridgehead atoms. The highest BCUT2D eigenvalue weighted by molar-refractivity contribution is 5.64. The summed E-state index contributed by atoms with van der Waals surface area (Å²) in [5, 5.41) is 18.3. The van der Waals surface area contributed by atoms with Crippen LogP contribution in [-0.4, -0.2) is 64.9 Å². The number of likely N-dealkylation sites (tertiary alicyclic amines) is 2. The summed E-state index contributed by atoms with van der Waals surface area (Å²) >= 11 is 0. The van der Waals surface area contributed by atoms with Gasteiger partial charge in [0.05, 0.1) is 6.10 Å². The van der Waals surface area contributed by atoms with Gasteiger partial charge in [-0.15, -0.1) is 0 Å². The fourth-order valence-electron chi connectivity index (χ4n) is 2.77. The van der Waals surface area contributed by atoms with Crippen LogP contribution in [0.15, 0.2) is 0 Å². The first-order chi connectivity index (χ1) is 8.15. The predicted molar refractivity (Wildman–Crippen MR) is 64.0 cm³/mol. The lowest BCUT2D eigenvalue weighted by molar-refractivity contribution is 0.0643. The summed E-state index contributed by atoms with van der Waals surface area (Å²) < 4.78 is 0. The van der Waals surface area contributed by atoms with Gasteiger partial charge < -0.3 is 20.0 Å². The van der Waals surface area contributed by atoms with E-state index in [9.17, 15) is 9.90 Å². The molecule has 2 saturated heterocycles. The molecular formula is C12H22N2O3. The first kappa shape index (κ1) is 12.6. The van der Waals surface area contributed by atoms with Crippen LogP contribution < -0.4 is 0 Å². The Balaban J connectivity index is 1.69. The molecule has 0 aromatic carbocycles. The van der Waals surface area contributed by atoms with Gasteiger partial charge in [-0.05, 0) is 31.6 Å². The molecule has 0 spiro atoms. The zero-order valence-electron chi connectivity index (χ0n) is 10.2. The number of piperidine rings is 2. The van der Waals surface area contributed by atoms with E-state index in [1.807, 2.05) is 0 Å². The van der Waals surface area contributed by atoms with E-state index < -0.39 is 6.09 Å². The quantitative estimate of drug-likeness (QED) is 0.753. The molecule has 2 N–H and O–H groups in total. The summed E-state index contributed by atoms with van der Waals surface area (Å²) in [5.74, 6) is 0.626. The number of aliphatic hydroxyl groups is 1. The highest BCUT2D eigenvalue weighted by Gasteiger charge is 2.25. The molecule has 0 aromatic rings. The lowest BCUT2D eigenvalue weighted by Gasteiger charge is -2.36. The minimum absolute atomic E-state index is 0.111. The molecule has 1 amide bonds. The molecule has 2 aliphatic rings. The fraction of sp³-hybridized carbons (Fsp3) is 0.917. The Morgan fingerprint density at radius 1 is 1.06 bits per heavy atom. The van der Waals surface area contributed by atoms with E-state index in [0.717, 1.165) is 45.3 Å². The molecule has 2 rings (SSSR count). The van der Waals surface area contributed by atoms with E-state index in [1.165, 1.54) is 4.90 Å². The molecule has 5 nitrogen and oxygen atoms in total. The molecule has 98 valence electrons. The first-order valence-electron chi connectivity index (χ1n) is 6.53. The number of hydrogen-bond acceptors (Lipinski definition) is 3. The van der Waals surface area contributed by atoms with E-state index in [-0.39, 0.29) is 6.10 Å². The second kappa shape index (κ2) is 5.69. The van der Waals surface area contributed by atoms with E-state index >= 15 is 0 Å². The Morgan fingerprint density at radius 2 is 1.65 bits per heavy atom. The molecule has 17 heavy (non-hydrogen) atoms. The molecule has 0 saturated carbocycles. The van der Waals surface area contributed by atoms with Crippen LogP contribution in [0.5, 0.6) is 0 Å². The van der Waals surface area contributed by atoms with E-state index in [1.54, 1.807) is 0 Å². The van der Waals surface area contributed by atoms with Gasteiger partial charge in [-0.25, -0.2) is 4.79 Å². The second-order valence-electron chi connectivity index (χ2n) is 5.24. The zero-order chi connectivity index (χ0) is 12.3. The average Bonchev–Trinajstić information content (AvgIpc) is 2.33. The van der Waals surface area contributed by atoms with Crippen LogP contribution in [0, 0.1) is 5.92 Å². The molecule has 2 heterocycles. The predicted octanol–water partition coefficient (Wildman–Crippen LogP) is 0.833. The van der Waals surface area contributed by atoms with Gasteiger partial charge in [-0.2, -0.15) is 0 Å². The van der Waals surface area contributed by atoms with Crippen LogP contribution >= 0.6 is 0 Å². The first-order valence-corrected chi connectivity index (χ1v) is 6.53. The Bertz CT molecular complexity index is 256. The van der Waals surface area contributed by atoms with Gasteiger partial charge in [-0.3, -0.25) is 0 Å². The van der Waals surface area contributed by atoms with Gasteiger partial charge in [0.25, 0.3) is 0 Å². The molecule has 2 aliphatic heterocycles. The number of hydrogen-bond donors (Lipinski definition) is 2. The Labute approximate surface area is 102 Å². The maximum Gasteiger partial charge on any atom is 0.407 e. The van der Waals surface area contributed by atoms with E-state index in [2.05, 4.69) is 4.90 Å². The van der Waals surface area contributed by atoms with Crippen molar-refractivity contribution in [1.29, 1.82) is 0 Å². The third kappa shape index (κ3) is 3.57. The van der Waals surface area contributed by atoms with E-state index in [4.69, 9.17) is 5.11 Å². The van der Waals surface area contributed by atoms with Crippen LogP contribution in [0.4, 0.5) is 4.79 Å². The van der Waals surface area contributed by atoms with Gasteiger partial charge in [-0.1, -0.05) is 0 Å². The molecule has 5 heteroatoms. The topological polar surface area (TPSA) is 64.0 Å². The summed E-state index contributed by atoms with van der Waals surface area (Å²) in [7, 11) is 0. The van der Waals surface area contributed by atoms with Crippen molar-refractivity contribution >= 4 is 6.09 Å². The highest BCUT2D eigenvalue weighted by atomic mass is 16.4. The number of aliphatic hydroxyl groups excluding tert-OH is 1. The fourth-order valence-corrected chi connectivity index (χ4v) is 2.77. The maximum absolute atomic E-state index is 10.8. The van der Waals surface area contributed by atoms with Crippen molar-refractivity contribution in [1.82, 2.24) is 9.80 Å². The van der Waals surface area contributed by atoms with Gasteiger partial charge in [0, 0.05) is 32.7 Å². The minimum Gasteiger partial charge on any atom is -0.465 e. The van der Waals surface area contributed by atoms with Crippen LogP contribution in [0.2, 0.25) is 0 Å². The summed E-state index contributed by atoms with van der Waals surface area (Å²) in [4.78, 5) is 14.7. The molecule has 0 aromatic heterocycles. The summed E-state index contributed by atoms with van der Waals surface area (Å²) in [6, 6.07) is 0. The largest absolute Gasteiger partial charge is 0.465 e. The van der Waals surface area contributed by atoms with Crippen molar-refractivity contribution in [2.24, 2.45) is 5.92 Å². The number of carboxylic acid groups (broad SMARTS) is 1. The Kier molecular flexibility index (Phi) is 4.23. The SMILES string of the molecule is O=C(O)N1CCC(CN2CCC(O)CC2)CC1. The Hall–Kier alpha value is -0.810. The summed E-state index contributed by atoms with van der Waals surface area (Å²) in [5.41, 5.74) is 0. The molecule has 0 unspecified atom stereocenters. The van der Waals surface area contributed by atoms with Crippen LogP contribution in [-0.2, 0) is 0 Å². The molecular weight excluding hydrogens is 220 g/mol. The standard InChI is InChI=1S/C12H22N2O3/c15-11-3-5-13(6-4-11)9-10-1-7-14(8-2-10)12(16)17/h10-11,15H,1-9H2,(H,16,17). The van der Waals surface area contributed by atoms with Crippen LogP contribution in [0.3, 0.4) is 0 Å². The number of nitrogens with zero attached hydrogens (tertiary/aromatic N) is 2. The van der Waals surface area contributed by atoms with Crippen LogP contribution in [0.25, 0.3) is 0 Å². The third-order valence-electron chi connectivity index (χ3n) is 3.96. The third-order valence-corrected chi connectivity index (χ3v) is 3.96. The Morgan fingerprint density at radius 3 is 2.18 bits per heavy atom. The zero-order valence-corrected chi connectivity index (χ0v) is 10.2. The second-order valence-corrected chi connectivity index (χ2v) is 5.24. The lowest BCUT2D eigenvalue weighted by Crippen LogP contribution is -2.43. The summed E-state index contributed by atoms with van der Waals surface area (Å²) in [6.07, 6.45) is 2.82. The van der Waals surface area contributed by atoms with E-state index in [0.29, 0.717) is 19.0 Å². The van der Waals surface area contributed by atoms with Gasteiger partial charge in [0.1, 0.15) is 0 Å². The average molecular weight is 242 g/mol. The van der Waals surface area contributed by atoms with Crippen molar-refractivity contribution in [2.75, 3.05) is 32.7 Å². The maximum atomic E-state index is 10.8. The normalized spacial score (nSPS) is 25.1. The van der Waals surface area contributed by atoms with Crippen molar-refractivity contribution in [3.8, 4) is 0 Å². The summed E-state index contributed by atoms with van der Waals surface area (Å²) in [6.45, 7) is 4.40. The molecule has 2 fully saturated rings. The number of carbonyl (C=O) groups is 1. The molecule has 0 aliphatic carbocycles.